The van der Waals surface area contributed by atoms with Crippen molar-refractivity contribution in [3.8, 4) is 0 Å². The standard InChI is InChI=1S/C19H18N2O/c1-2-19(22)21(14-15-10-12-20-13-11-15)18-9-5-7-16-6-3-4-8-17(16)18/h3-13H,2,14H2,1H3. The van der Waals surface area contributed by atoms with Crippen LogP contribution in [0.4, 0.5) is 5.69 Å². The number of anilines is 1. The molecule has 3 nitrogen and oxygen atoms in total. The highest BCUT2D eigenvalue weighted by atomic mass is 16.2. The van der Waals surface area contributed by atoms with Gasteiger partial charge in [-0.15, -0.1) is 0 Å². The summed E-state index contributed by atoms with van der Waals surface area (Å²) < 4.78 is 0. The number of carbonyl (C=O) groups excluding carboxylic acids is 1. The Morgan fingerprint density at radius 2 is 1.73 bits per heavy atom. The molecule has 0 saturated heterocycles. The van der Waals surface area contributed by atoms with Crippen molar-refractivity contribution >= 4 is 22.4 Å². The van der Waals surface area contributed by atoms with Crippen molar-refractivity contribution < 1.29 is 4.79 Å². The summed E-state index contributed by atoms with van der Waals surface area (Å²) in [5.74, 6) is 0.119. The maximum absolute atomic E-state index is 12.5. The van der Waals surface area contributed by atoms with Crippen LogP contribution in [0.2, 0.25) is 0 Å². The molecule has 0 radical (unpaired) electrons. The number of fused-ring (bicyclic) bond motifs is 1. The first kappa shape index (κ1) is 14.3. The second kappa shape index (κ2) is 6.39. The Morgan fingerprint density at radius 3 is 2.50 bits per heavy atom. The molecule has 0 fully saturated rings. The molecule has 0 saturated carbocycles. The van der Waals surface area contributed by atoms with E-state index in [1.807, 2.05) is 48.2 Å². The Kier molecular flexibility index (Phi) is 4.15. The molecule has 0 atom stereocenters. The van der Waals surface area contributed by atoms with Crippen LogP contribution in [0.15, 0.2) is 67.0 Å². The number of benzene rings is 2. The first-order valence-corrected chi connectivity index (χ1v) is 7.46. The van der Waals surface area contributed by atoms with Crippen molar-refractivity contribution in [2.75, 3.05) is 4.90 Å². The van der Waals surface area contributed by atoms with E-state index in [0.29, 0.717) is 13.0 Å². The number of aromatic nitrogens is 1. The van der Waals surface area contributed by atoms with E-state index in [2.05, 4.69) is 23.2 Å². The van der Waals surface area contributed by atoms with Gasteiger partial charge < -0.3 is 4.90 Å². The molecule has 3 heteroatoms. The van der Waals surface area contributed by atoms with Gasteiger partial charge in [0.05, 0.1) is 12.2 Å². The van der Waals surface area contributed by atoms with Crippen molar-refractivity contribution in [2.24, 2.45) is 0 Å². The summed E-state index contributed by atoms with van der Waals surface area (Å²) in [4.78, 5) is 18.4. The highest BCUT2D eigenvalue weighted by Gasteiger charge is 2.16. The summed E-state index contributed by atoms with van der Waals surface area (Å²) in [6.07, 6.45) is 3.99. The lowest BCUT2D eigenvalue weighted by Crippen LogP contribution is -2.29. The SMILES string of the molecule is CCC(=O)N(Cc1ccncc1)c1cccc2ccccc12. The molecular weight excluding hydrogens is 272 g/mol. The molecule has 0 aliphatic carbocycles. The lowest BCUT2D eigenvalue weighted by Gasteiger charge is -2.24. The zero-order valence-corrected chi connectivity index (χ0v) is 12.6. The van der Waals surface area contributed by atoms with E-state index in [-0.39, 0.29) is 5.91 Å². The molecular formula is C19H18N2O. The van der Waals surface area contributed by atoms with Crippen LogP contribution in [0.5, 0.6) is 0 Å². The average Bonchev–Trinajstić information content (AvgIpc) is 2.59. The lowest BCUT2D eigenvalue weighted by molar-refractivity contribution is -0.118. The number of carbonyl (C=O) groups is 1. The zero-order valence-electron chi connectivity index (χ0n) is 12.6. The van der Waals surface area contributed by atoms with Crippen LogP contribution in [0.1, 0.15) is 18.9 Å². The second-order valence-corrected chi connectivity index (χ2v) is 5.19. The van der Waals surface area contributed by atoms with E-state index in [9.17, 15) is 4.79 Å². The predicted molar refractivity (Wildman–Crippen MR) is 89.7 cm³/mol. The molecule has 2 aromatic carbocycles. The van der Waals surface area contributed by atoms with Gasteiger partial charge in [0.15, 0.2) is 0 Å². The molecule has 0 unspecified atom stereocenters. The minimum absolute atomic E-state index is 0.119. The Labute approximate surface area is 130 Å². The Hall–Kier alpha value is -2.68. The van der Waals surface area contributed by atoms with Gasteiger partial charge in [-0.2, -0.15) is 0 Å². The van der Waals surface area contributed by atoms with Crippen molar-refractivity contribution in [3.05, 3.63) is 72.6 Å². The van der Waals surface area contributed by atoms with Gasteiger partial charge in [0.1, 0.15) is 0 Å². The maximum Gasteiger partial charge on any atom is 0.227 e. The first-order valence-electron chi connectivity index (χ1n) is 7.46. The fraction of sp³-hybridized carbons (Fsp3) is 0.158. The molecule has 0 aliphatic heterocycles. The third kappa shape index (κ3) is 2.84. The van der Waals surface area contributed by atoms with Crippen molar-refractivity contribution in [3.63, 3.8) is 0 Å². The molecule has 0 bridgehead atoms. The highest BCUT2D eigenvalue weighted by molar-refractivity contribution is 6.03. The maximum atomic E-state index is 12.5. The predicted octanol–water partition coefficient (Wildman–Crippen LogP) is 4.18. The molecule has 110 valence electrons. The van der Waals surface area contributed by atoms with E-state index in [1.54, 1.807) is 12.4 Å². The van der Waals surface area contributed by atoms with Crippen LogP contribution in [0.3, 0.4) is 0 Å². The Morgan fingerprint density at radius 1 is 1.00 bits per heavy atom. The van der Waals surface area contributed by atoms with Gasteiger partial charge in [-0.25, -0.2) is 0 Å². The number of hydrogen-bond acceptors (Lipinski definition) is 2. The molecule has 1 aromatic heterocycles. The van der Waals surface area contributed by atoms with Gasteiger partial charge in [-0.05, 0) is 29.1 Å². The third-order valence-corrected chi connectivity index (χ3v) is 3.75. The number of hydrogen-bond donors (Lipinski definition) is 0. The Bertz CT molecular complexity index is 778. The summed E-state index contributed by atoms with van der Waals surface area (Å²) in [7, 11) is 0. The van der Waals surface area contributed by atoms with Crippen LogP contribution in [-0.4, -0.2) is 10.9 Å². The van der Waals surface area contributed by atoms with Crippen molar-refractivity contribution in [1.82, 2.24) is 4.98 Å². The van der Waals surface area contributed by atoms with Gasteiger partial charge in [-0.1, -0.05) is 43.3 Å². The van der Waals surface area contributed by atoms with Crippen molar-refractivity contribution in [2.45, 2.75) is 19.9 Å². The smallest absolute Gasteiger partial charge is 0.227 e. The average molecular weight is 290 g/mol. The van der Waals surface area contributed by atoms with Gasteiger partial charge in [0.2, 0.25) is 5.91 Å². The van der Waals surface area contributed by atoms with Crippen LogP contribution in [0, 0.1) is 0 Å². The molecule has 1 heterocycles. The zero-order chi connectivity index (χ0) is 15.4. The van der Waals surface area contributed by atoms with E-state index in [1.165, 1.54) is 0 Å². The van der Waals surface area contributed by atoms with Gasteiger partial charge in [0, 0.05) is 24.2 Å². The van der Waals surface area contributed by atoms with E-state index >= 15 is 0 Å². The molecule has 0 N–H and O–H groups in total. The monoisotopic (exact) mass is 290 g/mol. The number of pyridine rings is 1. The summed E-state index contributed by atoms with van der Waals surface area (Å²) in [6.45, 7) is 2.45. The number of rotatable bonds is 4. The molecule has 3 rings (SSSR count). The fourth-order valence-corrected chi connectivity index (χ4v) is 2.61. The molecule has 0 aliphatic rings. The molecule has 0 spiro atoms. The van der Waals surface area contributed by atoms with E-state index in [4.69, 9.17) is 0 Å². The summed E-state index contributed by atoms with van der Waals surface area (Å²) in [5, 5.41) is 2.24. The van der Waals surface area contributed by atoms with E-state index in [0.717, 1.165) is 22.0 Å². The van der Waals surface area contributed by atoms with Crippen LogP contribution >= 0.6 is 0 Å². The Balaban J connectivity index is 2.07. The molecule has 1 amide bonds. The quantitative estimate of drug-likeness (QED) is 0.722. The van der Waals surface area contributed by atoms with Gasteiger partial charge in [0.25, 0.3) is 0 Å². The second-order valence-electron chi connectivity index (χ2n) is 5.19. The fourth-order valence-electron chi connectivity index (χ4n) is 2.61. The lowest BCUT2D eigenvalue weighted by atomic mass is 10.1. The first-order chi connectivity index (χ1) is 10.8. The van der Waals surface area contributed by atoms with Gasteiger partial charge >= 0.3 is 0 Å². The topological polar surface area (TPSA) is 33.2 Å². The third-order valence-electron chi connectivity index (χ3n) is 3.75. The molecule has 3 aromatic rings. The largest absolute Gasteiger partial charge is 0.307 e. The summed E-state index contributed by atoms with van der Waals surface area (Å²) in [5.41, 5.74) is 2.03. The number of nitrogens with zero attached hydrogens (tertiary/aromatic N) is 2. The van der Waals surface area contributed by atoms with Gasteiger partial charge in [-0.3, -0.25) is 9.78 Å². The number of amides is 1. The normalized spacial score (nSPS) is 10.6. The minimum atomic E-state index is 0.119. The minimum Gasteiger partial charge on any atom is -0.307 e. The van der Waals surface area contributed by atoms with Crippen LogP contribution in [0.25, 0.3) is 10.8 Å². The van der Waals surface area contributed by atoms with Crippen LogP contribution < -0.4 is 4.90 Å². The highest BCUT2D eigenvalue weighted by Crippen LogP contribution is 2.28. The van der Waals surface area contributed by atoms with E-state index < -0.39 is 0 Å². The van der Waals surface area contributed by atoms with Crippen LogP contribution in [-0.2, 0) is 11.3 Å². The van der Waals surface area contributed by atoms with Crippen molar-refractivity contribution in [1.29, 1.82) is 0 Å². The molecule has 22 heavy (non-hydrogen) atoms. The summed E-state index contributed by atoms with van der Waals surface area (Å²) in [6, 6.07) is 18.1. The summed E-state index contributed by atoms with van der Waals surface area (Å²) >= 11 is 0.